The summed E-state index contributed by atoms with van der Waals surface area (Å²) < 4.78 is 38.5. The molecular weight excluding hydrogens is 530 g/mol. The predicted octanol–water partition coefficient (Wildman–Crippen LogP) is 3.45. The second-order valence-electron chi connectivity index (χ2n) is 9.36. The molecule has 2 aliphatic heterocycles. The van der Waals surface area contributed by atoms with Gasteiger partial charge in [0.2, 0.25) is 11.4 Å². The van der Waals surface area contributed by atoms with E-state index in [2.05, 4.69) is 20.6 Å². The molecule has 0 radical (unpaired) electrons. The van der Waals surface area contributed by atoms with Crippen LogP contribution in [0.25, 0.3) is 0 Å². The zero-order chi connectivity index (χ0) is 26.5. The highest BCUT2D eigenvalue weighted by Gasteiger charge is 2.59. The summed E-state index contributed by atoms with van der Waals surface area (Å²) >= 11 is 7.56. The van der Waals surface area contributed by atoms with Gasteiger partial charge in [0.1, 0.15) is 17.0 Å². The van der Waals surface area contributed by atoms with Crippen molar-refractivity contribution >= 4 is 56.7 Å². The second-order valence-corrected chi connectivity index (χ2v) is 12.8. The number of pyridine rings is 1. The number of hydrogen-bond acceptors (Lipinski definition) is 9. The minimum absolute atomic E-state index is 0.0872. The summed E-state index contributed by atoms with van der Waals surface area (Å²) in [6.45, 7) is 6.94. The molecular formula is C22H26ClN5O6S2. The molecule has 0 bridgehead atoms. The van der Waals surface area contributed by atoms with Crippen LogP contribution in [0.2, 0.25) is 5.02 Å². The highest BCUT2D eigenvalue weighted by molar-refractivity contribution is 7.90. The maximum atomic E-state index is 13.4. The van der Waals surface area contributed by atoms with Gasteiger partial charge >= 0.3 is 6.09 Å². The molecule has 2 atom stereocenters. The lowest BCUT2D eigenvalue weighted by molar-refractivity contribution is 0.0557. The van der Waals surface area contributed by atoms with Gasteiger partial charge in [0.05, 0.1) is 21.4 Å². The third-order valence-corrected chi connectivity index (χ3v) is 9.16. The lowest BCUT2D eigenvalue weighted by Crippen LogP contribution is -2.57. The first-order chi connectivity index (χ1) is 16.7. The van der Waals surface area contributed by atoms with Crippen LogP contribution in [-0.4, -0.2) is 60.4 Å². The standard InChI is InChI=1S/C22H26ClN5O6S2/c1-12-7-6-8-15(24-12)25-17(29)14-11-13(23)16(35-14)22-9-10-33-18(22)36(31,32)28(5)19(27-22)26-20(30)34-21(2,3)4/h6-8,11,18H,9-10H2,1-5H3,(H,24,25,29)(H,26,27,30)/t18?,22-/m1/s1. The van der Waals surface area contributed by atoms with Crippen molar-refractivity contribution in [2.24, 2.45) is 4.99 Å². The maximum absolute atomic E-state index is 13.4. The van der Waals surface area contributed by atoms with E-state index >= 15 is 0 Å². The molecule has 36 heavy (non-hydrogen) atoms. The number of aromatic nitrogens is 1. The quantitative estimate of drug-likeness (QED) is 0.591. The van der Waals surface area contributed by atoms with Crippen molar-refractivity contribution in [3.8, 4) is 0 Å². The average Bonchev–Trinajstić information content (AvgIpc) is 3.36. The minimum atomic E-state index is -4.12. The number of fused-ring (bicyclic) bond motifs is 1. The third kappa shape index (κ3) is 4.92. The molecule has 11 nitrogen and oxygen atoms in total. The predicted molar refractivity (Wildman–Crippen MR) is 136 cm³/mol. The number of halogens is 1. The number of sulfonamides is 1. The van der Waals surface area contributed by atoms with Crippen LogP contribution in [0.5, 0.6) is 0 Å². The largest absolute Gasteiger partial charge is 0.444 e. The molecule has 1 saturated heterocycles. The number of carbonyl (C=O) groups excluding carboxylic acids is 2. The lowest BCUT2D eigenvalue weighted by Gasteiger charge is -2.38. The molecule has 194 valence electrons. The number of alkyl carbamates (subject to hydrolysis) is 1. The Kier molecular flexibility index (Phi) is 6.79. The third-order valence-electron chi connectivity index (χ3n) is 5.44. The molecule has 1 unspecified atom stereocenters. The number of aliphatic imine (C=N–C) groups is 1. The van der Waals surface area contributed by atoms with Crippen LogP contribution >= 0.6 is 22.9 Å². The van der Waals surface area contributed by atoms with Crippen molar-refractivity contribution in [1.29, 1.82) is 0 Å². The number of ether oxygens (including phenoxy) is 2. The van der Waals surface area contributed by atoms with E-state index in [4.69, 9.17) is 21.1 Å². The van der Waals surface area contributed by atoms with Gasteiger partial charge in [-0.1, -0.05) is 17.7 Å². The first kappa shape index (κ1) is 26.3. The van der Waals surface area contributed by atoms with Crippen molar-refractivity contribution < 1.29 is 27.5 Å². The molecule has 2 N–H and O–H groups in total. The SMILES string of the molecule is Cc1cccc(NC(=O)c2cc(Cl)c([C@]34CCOC3S(=O)(=O)N(C)C(NC(=O)OC(C)(C)C)=N4)s2)n1. The van der Waals surface area contributed by atoms with Crippen LogP contribution in [0.15, 0.2) is 29.3 Å². The van der Waals surface area contributed by atoms with Crippen molar-refractivity contribution in [1.82, 2.24) is 14.6 Å². The fraction of sp³-hybridized carbons (Fsp3) is 0.455. The Hall–Kier alpha value is -2.74. The second kappa shape index (κ2) is 9.29. The minimum Gasteiger partial charge on any atom is -0.444 e. The fourth-order valence-electron chi connectivity index (χ4n) is 3.88. The van der Waals surface area contributed by atoms with Gasteiger partial charge in [-0.2, -0.15) is 0 Å². The van der Waals surface area contributed by atoms with E-state index in [1.54, 1.807) is 45.9 Å². The average molecular weight is 556 g/mol. The Morgan fingerprint density at radius 1 is 1.31 bits per heavy atom. The molecule has 1 fully saturated rings. The van der Waals surface area contributed by atoms with E-state index in [1.807, 2.05) is 0 Å². The van der Waals surface area contributed by atoms with E-state index in [0.717, 1.165) is 21.3 Å². The zero-order valence-electron chi connectivity index (χ0n) is 20.3. The monoisotopic (exact) mass is 555 g/mol. The normalized spacial score (nSPS) is 23.0. The summed E-state index contributed by atoms with van der Waals surface area (Å²) in [6.07, 6.45) is -0.691. The first-order valence-corrected chi connectivity index (χ1v) is 13.7. The number of amides is 2. The van der Waals surface area contributed by atoms with Crippen LogP contribution in [0.4, 0.5) is 10.6 Å². The zero-order valence-corrected chi connectivity index (χ0v) is 22.7. The van der Waals surface area contributed by atoms with Gasteiger partial charge in [-0.05, 0) is 45.9 Å². The van der Waals surface area contributed by atoms with Crippen LogP contribution in [-0.2, 0) is 25.0 Å². The van der Waals surface area contributed by atoms with Crippen LogP contribution < -0.4 is 10.6 Å². The van der Waals surface area contributed by atoms with E-state index in [9.17, 15) is 18.0 Å². The molecule has 2 amide bonds. The van der Waals surface area contributed by atoms with E-state index in [-0.39, 0.29) is 28.9 Å². The molecule has 0 aliphatic carbocycles. The van der Waals surface area contributed by atoms with Gasteiger partial charge in [0.15, 0.2) is 0 Å². The Balaban J connectivity index is 1.72. The summed E-state index contributed by atoms with van der Waals surface area (Å²) in [7, 11) is -2.85. The number of nitrogens with zero attached hydrogens (tertiary/aromatic N) is 3. The van der Waals surface area contributed by atoms with E-state index in [1.165, 1.54) is 13.1 Å². The maximum Gasteiger partial charge on any atom is 0.414 e. The number of anilines is 1. The first-order valence-electron chi connectivity index (χ1n) is 11.0. The Bertz CT molecular complexity index is 1350. The number of aryl methyl sites for hydroxylation is 1. The Morgan fingerprint density at radius 2 is 2.03 bits per heavy atom. The van der Waals surface area contributed by atoms with Crippen molar-refractivity contribution in [2.45, 2.75) is 50.7 Å². The van der Waals surface area contributed by atoms with Crippen molar-refractivity contribution in [3.05, 3.63) is 44.7 Å². The molecule has 0 spiro atoms. The highest BCUT2D eigenvalue weighted by atomic mass is 35.5. The van der Waals surface area contributed by atoms with Gasteiger partial charge in [-0.15, -0.1) is 11.3 Å². The lowest BCUT2D eigenvalue weighted by atomic mass is 9.97. The van der Waals surface area contributed by atoms with Gasteiger partial charge in [-0.25, -0.2) is 27.5 Å². The van der Waals surface area contributed by atoms with Crippen LogP contribution in [0.1, 0.15) is 47.4 Å². The van der Waals surface area contributed by atoms with Crippen LogP contribution in [0.3, 0.4) is 0 Å². The number of rotatable bonds is 3. The Morgan fingerprint density at radius 3 is 2.69 bits per heavy atom. The van der Waals surface area contributed by atoms with E-state index in [0.29, 0.717) is 10.7 Å². The summed E-state index contributed by atoms with van der Waals surface area (Å²) in [6, 6.07) is 6.68. The summed E-state index contributed by atoms with van der Waals surface area (Å²) in [4.78, 5) is 34.8. The molecule has 0 saturated carbocycles. The summed E-state index contributed by atoms with van der Waals surface area (Å²) in [5.74, 6) is -0.314. The molecule has 2 aromatic heterocycles. The molecule has 2 aliphatic rings. The van der Waals surface area contributed by atoms with Crippen molar-refractivity contribution in [3.63, 3.8) is 0 Å². The van der Waals surface area contributed by atoms with Gasteiger partial charge < -0.3 is 14.8 Å². The van der Waals surface area contributed by atoms with Gasteiger partial charge in [-0.3, -0.25) is 10.1 Å². The smallest absolute Gasteiger partial charge is 0.414 e. The topological polar surface area (TPSA) is 139 Å². The number of nitrogens with one attached hydrogen (secondary N) is 2. The van der Waals surface area contributed by atoms with E-state index < -0.39 is 38.6 Å². The summed E-state index contributed by atoms with van der Waals surface area (Å²) in [5.41, 5.74) is -2.92. The number of guanidine groups is 1. The number of carbonyl (C=O) groups is 2. The number of thiophene rings is 1. The molecule has 4 heterocycles. The Labute approximate surface area is 217 Å². The fourth-order valence-corrected chi connectivity index (χ4v) is 7.20. The van der Waals surface area contributed by atoms with Gasteiger partial charge in [0, 0.05) is 19.2 Å². The summed E-state index contributed by atoms with van der Waals surface area (Å²) in [5, 5.41) is 5.31. The molecule has 2 aromatic rings. The molecule has 0 aromatic carbocycles. The molecule has 14 heteroatoms. The molecule has 4 rings (SSSR count). The van der Waals surface area contributed by atoms with Gasteiger partial charge in [0.25, 0.3) is 15.9 Å². The van der Waals surface area contributed by atoms with Crippen molar-refractivity contribution in [2.75, 3.05) is 19.0 Å². The van der Waals surface area contributed by atoms with Crippen LogP contribution in [0, 0.1) is 6.92 Å². The highest BCUT2D eigenvalue weighted by Crippen LogP contribution is 2.50. The number of hydrogen-bond donors (Lipinski definition) is 2.